The van der Waals surface area contributed by atoms with Crippen molar-refractivity contribution in [2.24, 2.45) is 5.92 Å². The first-order valence-corrected chi connectivity index (χ1v) is 25.3. The molecule has 0 saturated heterocycles. The number of unbranched alkanes of at least 4 members (excludes halogenated alkanes) is 1. The molecule has 4 atom stereocenters. The Kier molecular flexibility index (Phi) is 13.4. The maximum atomic E-state index is 3.71. The lowest BCUT2D eigenvalue weighted by atomic mass is 9.76. The molecule has 0 heterocycles. The van der Waals surface area contributed by atoms with Crippen molar-refractivity contribution in [3.05, 3.63) is 246 Å². The van der Waals surface area contributed by atoms with Gasteiger partial charge in [-0.1, -0.05) is 192 Å². The molecular formula is C66H64N2. The van der Waals surface area contributed by atoms with Gasteiger partial charge in [-0.3, -0.25) is 0 Å². The smallest absolute Gasteiger partial charge is 0.0462 e. The average Bonchev–Trinajstić information content (AvgIpc) is 4.23. The van der Waals surface area contributed by atoms with Gasteiger partial charge in [0.05, 0.1) is 0 Å². The molecule has 0 bridgehead atoms. The number of benzene rings is 7. The van der Waals surface area contributed by atoms with Gasteiger partial charge >= 0.3 is 0 Å². The van der Waals surface area contributed by atoms with Crippen molar-refractivity contribution in [1.29, 1.82) is 0 Å². The predicted octanol–water partition coefficient (Wildman–Crippen LogP) is 19.1. The maximum Gasteiger partial charge on any atom is 0.0462 e. The van der Waals surface area contributed by atoms with Crippen LogP contribution in [0.3, 0.4) is 0 Å². The van der Waals surface area contributed by atoms with Gasteiger partial charge in [-0.15, -0.1) is 0 Å². The fraction of sp³-hybridized carbons (Fsp3) is 0.212. The summed E-state index contributed by atoms with van der Waals surface area (Å²) in [6, 6.07) is 63.4. The summed E-state index contributed by atoms with van der Waals surface area (Å²) >= 11 is 0. The van der Waals surface area contributed by atoms with E-state index in [2.05, 4.69) is 236 Å². The quantitative estimate of drug-likeness (QED) is 0.116. The average molecular weight is 885 g/mol. The minimum absolute atomic E-state index is 0.341. The molecule has 11 rings (SSSR count). The Balaban J connectivity index is 0.00000266. The molecule has 338 valence electrons. The fourth-order valence-electron chi connectivity index (χ4n) is 10.8. The van der Waals surface area contributed by atoms with Crippen LogP contribution in [0.5, 0.6) is 0 Å². The van der Waals surface area contributed by atoms with E-state index < -0.39 is 0 Å². The van der Waals surface area contributed by atoms with Gasteiger partial charge in [-0.05, 0) is 165 Å². The summed E-state index contributed by atoms with van der Waals surface area (Å²) in [5.74, 6) is 2.12. The second-order valence-corrected chi connectivity index (χ2v) is 18.6. The summed E-state index contributed by atoms with van der Waals surface area (Å²) in [4.78, 5) is 2.40. The number of nitrogens with zero attached hydrogens (tertiary/aromatic N) is 1. The minimum Gasteiger partial charge on any atom is -0.355 e. The van der Waals surface area contributed by atoms with Crippen LogP contribution in [0, 0.1) is 5.92 Å². The van der Waals surface area contributed by atoms with Crippen LogP contribution in [-0.2, 0) is 0 Å². The van der Waals surface area contributed by atoms with Crippen LogP contribution in [0.25, 0.3) is 33.4 Å². The molecule has 2 heteroatoms. The van der Waals surface area contributed by atoms with Gasteiger partial charge < -0.3 is 10.2 Å². The number of nitrogens with one attached hydrogen (secondary N) is 1. The van der Waals surface area contributed by atoms with Crippen molar-refractivity contribution in [2.75, 3.05) is 10.2 Å². The Morgan fingerprint density at radius 1 is 0.632 bits per heavy atom. The van der Waals surface area contributed by atoms with E-state index >= 15 is 0 Å². The Hall–Kier alpha value is -7.16. The lowest BCUT2D eigenvalue weighted by Gasteiger charge is -2.29. The number of hydrogen-bond acceptors (Lipinski definition) is 2. The van der Waals surface area contributed by atoms with Crippen molar-refractivity contribution in [3.63, 3.8) is 0 Å². The third-order valence-corrected chi connectivity index (χ3v) is 14.4. The molecule has 0 spiro atoms. The molecule has 2 nitrogen and oxygen atoms in total. The fourth-order valence-corrected chi connectivity index (χ4v) is 10.8. The van der Waals surface area contributed by atoms with Gasteiger partial charge in [0, 0.05) is 40.3 Å². The van der Waals surface area contributed by atoms with Gasteiger partial charge in [0.2, 0.25) is 0 Å². The van der Waals surface area contributed by atoms with E-state index in [1.807, 2.05) is 13.8 Å². The predicted molar refractivity (Wildman–Crippen MR) is 293 cm³/mol. The minimum atomic E-state index is 0.341. The van der Waals surface area contributed by atoms with Crippen molar-refractivity contribution in [2.45, 2.75) is 84.0 Å². The molecule has 1 N–H and O–H groups in total. The topological polar surface area (TPSA) is 15.3 Å². The van der Waals surface area contributed by atoms with Gasteiger partial charge in [-0.25, -0.2) is 0 Å². The van der Waals surface area contributed by atoms with Crippen LogP contribution < -0.4 is 10.2 Å². The third kappa shape index (κ3) is 9.25. The standard InChI is InChI=1S/C64H58N2.C2H6/c1-3-4-6-14-44(2)56-17-11-12-22-63(56)65-52-35-27-48(28-36-52)50-31-39-54(40-32-50)66(53-37-29-49(30-38-53)47-25-23-46(24-26-47)45-15-7-5-8-16-45)55-41-33-51(34-42-55)57-20-13-21-60-58-18-9-10-19-59(58)61-43-62(61)64(57)60;1-2/h5-12,14-15,17-20,22-42,44-45,61-62,65H,3-4,13,16,21,43H2,1-2H3;1-2H3/b14-6-;. The molecule has 4 aliphatic carbocycles. The second-order valence-electron chi connectivity index (χ2n) is 18.6. The molecule has 7 aromatic carbocycles. The summed E-state index contributed by atoms with van der Waals surface area (Å²) in [7, 11) is 0. The Morgan fingerprint density at radius 2 is 1.22 bits per heavy atom. The lowest BCUT2D eigenvalue weighted by Crippen LogP contribution is -2.11. The summed E-state index contributed by atoms with van der Waals surface area (Å²) < 4.78 is 0. The number of para-hydroxylation sites is 1. The Bertz CT molecular complexity index is 3000. The van der Waals surface area contributed by atoms with E-state index in [-0.39, 0.29) is 0 Å². The van der Waals surface area contributed by atoms with E-state index in [0.717, 1.165) is 54.1 Å². The van der Waals surface area contributed by atoms with Crippen LogP contribution in [0.15, 0.2) is 218 Å². The van der Waals surface area contributed by atoms with E-state index in [0.29, 0.717) is 23.7 Å². The highest BCUT2D eigenvalue weighted by atomic mass is 15.1. The van der Waals surface area contributed by atoms with Gasteiger partial charge in [0.1, 0.15) is 0 Å². The summed E-state index contributed by atoms with van der Waals surface area (Å²) in [5.41, 5.74) is 22.2. The van der Waals surface area contributed by atoms with E-state index in [1.165, 1.54) is 62.9 Å². The molecule has 4 unspecified atom stereocenters. The van der Waals surface area contributed by atoms with Crippen molar-refractivity contribution in [1.82, 2.24) is 0 Å². The van der Waals surface area contributed by atoms with Crippen LogP contribution in [0.1, 0.15) is 112 Å². The molecule has 1 fully saturated rings. The third-order valence-electron chi connectivity index (χ3n) is 14.4. The van der Waals surface area contributed by atoms with Crippen LogP contribution in [-0.4, -0.2) is 0 Å². The molecule has 68 heavy (non-hydrogen) atoms. The van der Waals surface area contributed by atoms with E-state index in [9.17, 15) is 0 Å². The number of hydrogen-bond donors (Lipinski definition) is 1. The Labute approximate surface area is 405 Å². The molecule has 0 radical (unpaired) electrons. The molecule has 0 aromatic heterocycles. The van der Waals surface area contributed by atoms with Crippen molar-refractivity contribution in [3.8, 4) is 22.3 Å². The van der Waals surface area contributed by atoms with E-state index in [4.69, 9.17) is 0 Å². The summed E-state index contributed by atoms with van der Waals surface area (Å²) in [5, 5.41) is 3.71. The number of allylic oxidation sites excluding steroid dienone is 10. The van der Waals surface area contributed by atoms with Crippen LogP contribution >= 0.6 is 0 Å². The molecule has 1 saturated carbocycles. The van der Waals surface area contributed by atoms with Gasteiger partial charge in [0.15, 0.2) is 0 Å². The zero-order chi connectivity index (χ0) is 46.4. The number of fused-ring (bicyclic) bond motifs is 5. The zero-order valence-electron chi connectivity index (χ0n) is 40.2. The highest BCUT2D eigenvalue weighted by molar-refractivity contribution is 5.95. The second kappa shape index (κ2) is 20.4. The SMILES string of the molecule is CC.CCC/C=C\C(C)c1ccccc1Nc1ccc(-c2ccc(N(c3ccc(C4=CCCC5=C4C4CC4c4ccccc45)cc3)c3ccc(-c4ccc(C5C=CC=CC5)cc4)cc3)cc2)cc1. The zero-order valence-corrected chi connectivity index (χ0v) is 40.2. The normalized spacial score (nSPS) is 18.1. The number of anilines is 5. The first-order chi connectivity index (χ1) is 33.6. The molecule has 7 aromatic rings. The first-order valence-electron chi connectivity index (χ1n) is 25.3. The van der Waals surface area contributed by atoms with Crippen LogP contribution in [0.4, 0.5) is 28.4 Å². The summed E-state index contributed by atoms with van der Waals surface area (Å²) in [6.45, 7) is 8.50. The van der Waals surface area contributed by atoms with Crippen molar-refractivity contribution < 1.29 is 0 Å². The highest BCUT2D eigenvalue weighted by Crippen LogP contribution is 2.63. The lowest BCUT2D eigenvalue weighted by molar-refractivity contribution is 0.854. The highest BCUT2D eigenvalue weighted by Gasteiger charge is 2.48. The number of rotatable bonds is 13. The maximum absolute atomic E-state index is 3.71. The largest absolute Gasteiger partial charge is 0.355 e. The van der Waals surface area contributed by atoms with Crippen molar-refractivity contribution >= 4 is 39.6 Å². The Morgan fingerprint density at radius 3 is 1.85 bits per heavy atom. The molecule has 0 aliphatic heterocycles. The molecule has 4 aliphatic rings. The van der Waals surface area contributed by atoms with Crippen LogP contribution in [0.2, 0.25) is 0 Å². The molecule has 0 amide bonds. The van der Waals surface area contributed by atoms with Gasteiger partial charge in [-0.2, -0.15) is 0 Å². The van der Waals surface area contributed by atoms with Gasteiger partial charge in [0.25, 0.3) is 0 Å². The summed E-state index contributed by atoms with van der Waals surface area (Å²) in [6.07, 6.45) is 22.9. The molecular weight excluding hydrogens is 821 g/mol. The van der Waals surface area contributed by atoms with E-state index in [1.54, 1.807) is 16.7 Å². The monoisotopic (exact) mass is 885 g/mol. The first kappa shape index (κ1) is 44.7.